The Labute approximate surface area is 174 Å². The van der Waals surface area contributed by atoms with Crippen molar-refractivity contribution < 1.29 is 39.6 Å². The first-order chi connectivity index (χ1) is 9.25. The molecule has 116 valence electrons. The molecule has 0 aliphatic heterocycles. The van der Waals surface area contributed by atoms with Crippen LogP contribution in [0.3, 0.4) is 0 Å². The first kappa shape index (κ1) is 29.9. The number of carbonyl (C=O) groups excluding carboxylic acids is 4. The molecular formula is C12H16CaMgO8. The summed E-state index contributed by atoms with van der Waals surface area (Å²) < 4.78 is 0. The first-order valence-electron chi connectivity index (χ1n) is 6.05. The largest absolute Gasteiger partial charge is 2.00 e. The summed E-state index contributed by atoms with van der Waals surface area (Å²) >= 11 is 0. The molecule has 0 heterocycles. The Hall–Kier alpha value is -0.0940. The van der Waals surface area contributed by atoms with Gasteiger partial charge < -0.3 is 39.6 Å². The van der Waals surface area contributed by atoms with Gasteiger partial charge in [0.2, 0.25) is 0 Å². The van der Waals surface area contributed by atoms with Gasteiger partial charge in [-0.15, -0.1) is 0 Å². The molecule has 0 aliphatic rings. The monoisotopic (exact) mass is 352 g/mol. The Morgan fingerprint density at radius 2 is 0.636 bits per heavy atom. The molecular weight excluding hydrogens is 337 g/mol. The second kappa shape index (κ2) is 20.9. The van der Waals surface area contributed by atoms with Crippen LogP contribution in [-0.4, -0.2) is 84.7 Å². The van der Waals surface area contributed by atoms with Gasteiger partial charge >= 0.3 is 60.8 Å². The summed E-state index contributed by atoms with van der Waals surface area (Å²) in [5, 5.41) is 39.1. The molecule has 0 aliphatic carbocycles. The fourth-order valence-electron chi connectivity index (χ4n) is 1.08. The van der Waals surface area contributed by atoms with Crippen molar-refractivity contribution in [3.63, 3.8) is 0 Å². The van der Waals surface area contributed by atoms with Crippen molar-refractivity contribution in [1.29, 1.82) is 0 Å². The van der Waals surface area contributed by atoms with E-state index in [4.69, 9.17) is 0 Å². The molecule has 0 radical (unpaired) electrons. The van der Waals surface area contributed by atoms with Crippen molar-refractivity contribution in [2.45, 2.75) is 51.4 Å². The van der Waals surface area contributed by atoms with Crippen molar-refractivity contribution in [2.24, 2.45) is 0 Å². The van der Waals surface area contributed by atoms with Gasteiger partial charge in [-0.25, -0.2) is 0 Å². The van der Waals surface area contributed by atoms with Crippen LogP contribution in [0.4, 0.5) is 0 Å². The number of carbonyl (C=O) groups is 4. The van der Waals surface area contributed by atoms with Gasteiger partial charge in [-0.1, -0.05) is 0 Å². The Balaban J connectivity index is -0.000000135. The predicted molar refractivity (Wildman–Crippen MR) is 68.5 cm³/mol. The number of aliphatic carboxylic acids is 4. The molecule has 0 atom stereocenters. The summed E-state index contributed by atoms with van der Waals surface area (Å²) in [5.41, 5.74) is 0. The van der Waals surface area contributed by atoms with E-state index in [1.54, 1.807) is 0 Å². The van der Waals surface area contributed by atoms with Crippen LogP contribution in [0.25, 0.3) is 0 Å². The first-order valence-corrected chi connectivity index (χ1v) is 6.05. The summed E-state index contributed by atoms with van der Waals surface area (Å²) in [6.07, 6.45) is 1.07. The molecule has 0 fully saturated rings. The molecule has 0 amide bonds. The Bertz CT molecular complexity index is 271. The average molecular weight is 353 g/mol. The van der Waals surface area contributed by atoms with E-state index in [9.17, 15) is 39.6 Å². The molecule has 0 spiro atoms. The topological polar surface area (TPSA) is 161 Å². The van der Waals surface area contributed by atoms with E-state index in [1.807, 2.05) is 0 Å². The van der Waals surface area contributed by atoms with Gasteiger partial charge in [-0.3, -0.25) is 0 Å². The van der Waals surface area contributed by atoms with Crippen LogP contribution in [0.15, 0.2) is 0 Å². The van der Waals surface area contributed by atoms with Gasteiger partial charge in [0.05, 0.1) is 0 Å². The van der Waals surface area contributed by atoms with Crippen LogP contribution in [0.1, 0.15) is 51.4 Å². The van der Waals surface area contributed by atoms with Crippen LogP contribution in [0, 0.1) is 0 Å². The fraction of sp³-hybridized carbons (Fsp3) is 0.667. The molecule has 0 N–H and O–H groups in total. The molecule has 0 aromatic rings. The van der Waals surface area contributed by atoms with E-state index >= 15 is 0 Å². The van der Waals surface area contributed by atoms with Gasteiger partial charge in [-0.2, -0.15) is 0 Å². The maximum Gasteiger partial charge on any atom is 2.00 e. The number of carboxylic acid groups (broad SMARTS) is 4. The van der Waals surface area contributed by atoms with E-state index in [1.165, 1.54) is 0 Å². The zero-order chi connectivity index (χ0) is 16.0. The van der Waals surface area contributed by atoms with E-state index in [2.05, 4.69) is 0 Å². The van der Waals surface area contributed by atoms with Crippen LogP contribution in [0.5, 0.6) is 0 Å². The van der Waals surface area contributed by atoms with E-state index in [-0.39, 0.29) is 86.5 Å². The SMILES string of the molecule is O=C([O-])CCCCC(=O)[O-].O=C([O-])CCCCC(=O)[O-].[Ca+2].[Mg+2]. The molecule has 0 saturated carbocycles. The van der Waals surface area contributed by atoms with Crippen molar-refractivity contribution in [3.05, 3.63) is 0 Å². The van der Waals surface area contributed by atoms with Crippen molar-refractivity contribution in [3.8, 4) is 0 Å². The van der Waals surface area contributed by atoms with E-state index < -0.39 is 23.9 Å². The molecule has 0 aromatic heterocycles. The minimum Gasteiger partial charge on any atom is -0.550 e. The molecule has 10 heteroatoms. The number of unbranched alkanes of at least 4 members (excludes halogenated alkanes) is 2. The average Bonchev–Trinajstić information content (AvgIpc) is 2.30. The summed E-state index contributed by atoms with van der Waals surface area (Å²) in [5.74, 6) is -4.56. The Morgan fingerprint density at radius 1 is 0.500 bits per heavy atom. The van der Waals surface area contributed by atoms with Gasteiger partial charge in [0.15, 0.2) is 0 Å². The van der Waals surface area contributed by atoms with Crippen LogP contribution in [-0.2, 0) is 19.2 Å². The number of carboxylic acids is 4. The summed E-state index contributed by atoms with van der Waals surface area (Å²) in [4.78, 5) is 39.1. The maximum absolute atomic E-state index is 9.77. The predicted octanol–water partition coefficient (Wildman–Crippen LogP) is -4.67. The zero-order valence-corrected chi connectivity index (χ0v) is 16.0. The molecule has 0 aromatic carbocycles. The summed E-state index contributed by atoms with van der Waals surface area (Å²) in [7, 11) is 0. The van der Waals surface area contributed by atoms with Gasteiger partial charge in [0, 0.05) is 23.9 Å². The standard InChI is InChI=1S/2C6H10O4.Ca.Mg/c2*7-5(8)3-1-2-4-6(9)10;;/h2*1-4H2,(H,7,8)(H,9,10);;/q;;2*+2/p-4. The van der Waals surface area contributed by atoms with Gasteiger partial charge in [-0.05, 0) is 51.4 Å². The smallest absolute Gasteiger partial charge is 0.550 e. The van der Waals surface area contributed by atoms with Crippen molar-refractivity contribution in [1.82, 2.24) is 0 Å². The molecule has 0 unspecified atom stereocenters. The molecule has 0 rings (SSSR count). The normalized spacial score (nSPS) is 8.36. The quantitative estimate of drug-likeness (QED) is 0.280. The number of hydrogen-bond acceptors (Lipinski definition) is 8. The second-order valence-electron chi connectivity index (χ2n) is 3.90. The van der Waals surface area contributed by atoms with Crippen LogP contribution in [0.2, 0.25) is 0 Å². The van der Waals surface area contributed by atoms with Crippen molar-refractivity contribution >= 4 is 84.7 Å². The molecule has 0 bridgehead atoms. The minimum atomic E-state index is -1.14. The third-order valence-electron chi connectivity index (χ3n) is 2.02. The zero-order valence-electron chi connectivity index (χ0n) is 12.3. The van der Waals surface area contributed by atoms with Crippen molar-refractivity contribution in [2.75, 3.05) is 0 Å². The van der Waals surface area contributed by atoms with Crippen LogP contribution < -0.4 is 20.4 Å². The van der Waals surface area contributed by atoms with E-state index in [0.29, 0.717) is 25.7 Å². The van der Waals surface area contributed by atoms with Gasteiger partial charge in [0.25, 0.3) is 0 Å². The second-order valence-corrected chi connectivity index (χ2v) is 3.90. The fourth-order valence-corrected chi connectivity index (χ4v) is 1.08. The summed E-state index contributed by atoms with van der Waals surface area (Å²) in [6.45, 7) is 0. The molecule has 0 saturated heterocycles. The minimum absolute atomic E-state index is 0. The summed E-state index contributed by atoms with van der Waals surface area (Å²) in [6, 6.07) is 0. The third-order valence-corrected chi connectivity index (χ3v) is 2.02. The molecule has 22 heavy (non-hydrogen) atoms. The maximum atomic E-state index is 9.77. The van der Waals surface area contributed by atoms with Gasteiger partial charge in [0.1, 0.15) is 0 Å². The number of rotatable bonds is 10. The Morgan fingerprint density at radius 3 is 0.727 bits per heavy atom. The third kappa shape index (κ3) is 36.8. The van der Waals surface area contributed by atoms with E-state index in [0.717, 1.165) is 0 Å². The Kier molecular flexibility index (Phi) is 28.4. The van der Waals surface area contributed by atoms with Crippen LogP contribution >= 0.6 is 0 Å². The molecule has 8 nitrogen and oxygen atoms in total. The number of hydrogen-bond donors (Lipinski definition) is 0.